The first-order valence-electron chi connectivity index (χ1n) is 13.6. The van der Waals surface area contributed by atoms with E-state index < -0.39 is 0 Å². The molecule has 39 heavy (non-hydrogen) atoms. The number of hydrogen-bond donors (Lipinski definition) is 3. The zero-order valence-electron chi connectivity index (χ0n) is 23.5. The van der Waals surface area contributed by atoms with Gasteiger partial charge >= 0.3 is 0 Å². The van der Waals surface area contributed by atoms with Crippen LogP contribution in [0.1, 0.15) is 76.6 Å². The Bertz CT molecular complexity index is 1260. The number of nitrogens with zero attached hydrogens (tertiary/aromatic N) is 2. The number of halogens is 1. The Morgan fingerprint density at radius 1 is 0.846 bits per heavy atom. The fourth-order valence-electron chi connectivity index (χ4n) is 4.78. The lowest BCUT2D eigenvalue weighted by molar-refractivity contribution is 0.0990. The van der Waals surface area contributed by atoms with Crippen molar-refractivity contribution < 1.29 is 20.1 Å². The second kappa shape index (κ2) is 14.3. The molecule has 0 saturated carbocycles. The molecule has 1 aliphatic heterocycles. The number of amides is 1. The predicted octanol–water partition coefficient (Wildman–Crippen LogP) is 8.50. The zero-order chi connectivity index (χ0) is 28.5. The van der Waals surface area contributed by atoms with Crippen molar-refractivity contribution in [2.24, 2.45) is 0 Å². The first kappa shape index (κ1) is 30.4. The highest BCUT2D eigenvalue weighted by molar-refractivity contribution is 9.09. The maximum Gasteiger partial charge on any atom is 0.260 e. The molecule has 7 heteroatoms. The maximum atomic E-state index is 13.9. The van der Waals surface area contributed by atoms with Crippen LogP contribution in [0.3, 0.4) is 0 Å². The summed E-state index contributed by atoms with van der Waals surface area (Å²) in [4.78, 5) is 17.3. The number of rotatable bonds is 12. The van der Waals surface area contributed by atoms with E-state index in [4.69, 9.17) is 0 Å². The summed E-state index contributed by atoms with van der Waals surface area (Å²) in [6.07, 6.45) is 12.1. The summed E-state index contributed by atoms with van der Waals surface area (Å²) in [5, 5.41) is 33.0. The zero-order valence-corrected chi connectivity index (χ0v) is 25.1. The second-order valence-corrected chi connectivity index (χ2v) is 11.2. The molecule has 2 aromatic rings. The van der Waals surface area contributed by atoms with Crippen LogP contribution in [0.5, 0.6) is 17.2 Å². The van der Waals surface area contributed by atoms with Crippen molar-refractivity contribution in [3.8, 4) is 17.2 Å². The van der Waals surface area contributed by atoms with E-state index >= 15 is 0 Å². The molecule has 1 aliphatic rings. The van der Waals surface area contributed by atoms with Gasteiger partial charge in [-0.2, -0.15) is 0 Å². The smallest absolute Gasteiger partial charge is 0.260 e. The first-order valence-corrected chi connectivity index (χ1v) is 14.7. The summed E-state index contributed by atoms with van der Waals surface area (Å²) in [7, 11) is 0. The topological polar surface area (TPSA) is 84.2 Å². The Morgan fingerprint density at radius 2 is 1.54 bits per heavy atom. The fraction of sp³-hybridized carbons (Fsp3) is 0.406. The molecule has 0 unspecified atom stereocenters. The van der Waals surface area contributed by atoms with Crippen LogP contribution in [0.25, 0.3) is 0 Å². The quantitative estimate of drug-likeness (QED) is 0.130. The number of carbonyl (C=O) groups excluding carboxylic acids is 1. The third kappa shape index (κ3) is 7.91. The van der Waals surface area contributed by atoms with Gasteiger partial charge in [0.2, 0.25) is 0 Å². The van der Waals surface area contributed by atoms with E-state index in [9.17, 15) is 20.1 Å². The van der Waals surface area contributed by atoms with E-state index in [1.54, 1.807) is 28.0 Å². The number of alkyl halides is 1. The van der Waals surface area contributed by atoms with Gasteiger partial charge in [0.1, 0.15) is 22.9 Å². The molecule has 6 nitrogen and oxygen atoms in total. The number of unbranched alkanes of at least 4 members (excludes halogenated alkanes) is 1. The van der Waals surface area contributed by atoms with Crippen molar-refractivity contribution in [3.63, 3.8) is 0 Å². The standard InChI is InChI=1S/C32H41BrN2O4/c1-22(2)10-7-11-23(3)12-8-13-24(4)16-19-34-27-20-25(36)21-29(38)31(27)35(18-6-5-17-33)30-26(32(34)39)14-9-15-28(30)37/h9-10,12,14-16,20-21,36-38H,5-8,11,13,17-19H2,1-4H3/b23-12+,24-16+. The highest BCUT2D eigenvalue weighted by Crippen LogP contribution is 2.50. The SMILES string of the molecule is CC(C)=CCC/C(C)=C/CC/C(C)=C/CN1C(=O)c2cccc(O)c2N(CCCCBr)c2c(O)cc(O)cc21. The highest BCUT2D eigenvalue weighted by Gasteiger charge is 2.34. The minimum absolute atomic E-state index is 0.0292. The van der Waals surface area contributed by atoms with E-state index in [2.05, 4.69) is 55.8 Å². The van der Waals surface area contributed by atoms with Gasteiger partial charge in [0.25, 0.3) is 5.91 Å². The molecule has 0 fully saturated rings. The van der Waals surface area contributed by atoms with Gasteiger partial charge in [0.15, 0.2) is 0 Å². The molecule has 2 aromatic carbocycles. The molecule has 0 aromatic heterocycles. The van der Waals surface area contributed by atoms with Crippen LogP contribution in [-0.2, 0) is 0 Å². The van der Waals surface area contributed by atoms with E-state index in [0.717, 1.165) is 49.4 Å². The summed E-state index contributed by atoms with van der Waals surface area (Å²) in [5.74, 6) is -0.603. The summed E-state index contributed by atoms with van der Waals surface area (Å²) in [6, 6.07) is 7.69. The number of fused-ring (bicyclic) bond motifs is 2. The molecule has 1 amide bonds. The monoisotopic (exact) mass is 596 g/mol. The molecule has 210 valence electrons. The van der Waals surface area contributed by atoms with Gasteiger partial charge in [-0.25, -0.2) is 0 Å². The average molecular weight is 598 g/mol. The Morgan fingerprint density at radius 3 is 2.23 bits per heavy atom. The van der Waals surface area contributed by atoms with Gasteiger partial charge in [-0.05, 0) is 78.4 Å². The van der Waals surface area contributed by atoms with Crippen LogP contribution in [-0.4, -0.2) is 39.6 Å². The van der Waals surface area contributed by atoms with Gasteiger partial charge in [0.05, 0.1) is 16.9 Å². The number of phenolic OH excluding ortho intramolecular Hbond substituents is 3. The molecular weight excluding hydrogens is 556 g/mol. The van der Waals surface area contributed by atoms with E-state index in [0.29, 0.717) is 29.2 Å². The van der Waals surface area contributed by atoms with Crippen LogP contribution < -0.4 is 9.80 Å². The number of benzene rings is 2. The largest absolute Gasteiger partial charge is 0.508 e. The van der Waals surface area contributed by atoms with Crippen molar-refractivity contribution in [2.75, 3.05) is 28.2 Å². The number of carbonyl (C=O) groups is 1. The average Bonchev–Trinajstić information content (AvgIpc) is 2.96. The molecular formula is C32H41BrN2O4. The Kier molecular flexibility index (Phi) is 11.1. The summed E-state index contributed by atoms with van der Waals surface area (Å²) in [6.45, 7) is 9.22. The summed E-state index contributed by atoms with van der Waals surface area (Å²) >= 11 is 3.46. The van der Waals surface area contributed by atoms with E-state index in [1.165, 1.54) is 23.3 Å². The van der Waals surface area contributed by atoms with Crippen LogP contribution in [0.2, 0.25) is 0 Å². The van der Waals surface area contributed by atoms with Crippen molar-refractivity contribution in [2.45, 2.75) is 66.2 Å². The minimum Gasteiger partial charge on any atom is -0.508 e. The minimum atomic E-state index is -0.297. The predicted molar refractivity (Wildman–Crippen MR) is 165 cm³/mol. The summed E-state index contributed by atoms with van der Waals surface area (Å²) in [5.41, 5.74) is 5.40. The Hall–Kier alpha value is -3.19. The number of phenols is 3. The second-order valence-electron chi connectivity index (χ2n) is 10.4. The lowest BCUT2D eigenvalue weighted by atomic mass is 10.1. The Labute approximate surface area is 241 Å². The van der Waals surface area contributed by atoms with Gasteiger partial charge < -0.3 is 25.1 Å². The molecule has 0 atom stereocenters. The van der Waals surface area contributed by atoms with E-state index in [1.807, 2.05) is 6.08 Å². The van der Waals surface area contributed by atoms with Gasteiger partial charge in [-0.1, -0.05) is 56.9 Å². The third-order valence-corrected chi connectivity index (χ3v) is 7.45. The first-order chi connectivity index (χ1) is 18.6. The molecule has 1 heterocycles. The van der Waals surface area contributed by atoms with Gasteiger partial charge in [0, 0.05) is 30.6 Å². The van der Waals surface area contributed by atoms with Gasteiger partial charge in [-0.15, -0.1) is 0 Å². The maximum absolute atomic E-state index is 13.9. The fourth-order valence-corrected chi connectivity index (χ4v) is 5.18. The van der Waals surface area contributed by atoms with Crippen molar-refractivity contribution in [1.29, 1.82) is 0 Å². The van der Waals surface area contributed by atoms with Crippen molar-refractivity contribution >= 4 is 38.9 Å². The molecule has 0 spiro atoms. The molecule has 0 saturated heterocycles. The van der Waals surface area contributed by atoms with E-state index in [-0.39, 0.29) is 29.7 Å². The summed E-state index contributed by atoms with van der Waals surface area (Å²) < 4.78 is 0. The lowest BCUT2D eigenvalue weighted by Gasteiger charge is -2.28. The number of anilines is 3. The molecule has 3 rings (SSSR count). The number of para-hydroxylation sites is 1. The van der Waals surface area contributed by atoms with Crippen LogP contribution in [0, 0.1) is 0 Å². The number of aromatic hydroxyl groups is 3. The third-order valence-electron chi connectivity index (χ3n) is 6.89. The molecule has 3 N–H and O–H groups in total. The van der Waals surface area contributed by atoms with Crippen LogP contribution in [0.4, 0.5) is 17.1 Å². The molecule has 0 aliphatic carbocycles. The molecule has 0 radical (unpaired) electrons. The normalized spacial score (nSPS) is 13.7. The van der Waals surface area contributed by atoms with Crippen molar-refractivity contribution in [3.05, 3.63) is 70.8 Å². The number of allylic oxidation sites excluding steroid dienone is 5. The van der Waals surface area contributed by atoms with Crippen LogP contribution in [0.15, 0.2) is 65.3 Å². The Balaban J connectivity index is 1.92. The van der Waals surface area contributed by atoms with Gasteiger partial charge in [-0.3, -0.25) is 4.79 Å². The highest BCUT2D eigenvalue weighted by atomic mass is 79.9. The van der Waals surface area contributed by atoms with Crippen LogP contribution >= 0.6 is 15.9 Å². The van der Waals surface area contributed by atoms with Crippen molar-refractivity contribution in [1.82, 2.24) is 0 Å². The molecule has 0 bridgehead atoms. The lowest BCUT2D eigenvalue weighted by Crippen LogP contribution is -2.30. The number of hydrogen-bond acceptors (Lipinski definition) is 5.